The topological polar surface area (TPSA) is 98.2 Å². The number of hydrogen-bond donors (Lipinski definition) is 1. The number of hydrogen-bond acceptors (Lipinski definition) is 6. The number of fused-ring (bicyclic) bond motifs is 2. The zero-order valence-electron chi connectivity index (χ0n) is 15.8. The lowest BCUT2D eigenvalue weighted by Crippen LogP contribution is -2.39. The quantitative estimate of drug-likeness (QED) is 0.640. The highest BCUT2D eigenvalue weighted by Crippen LogP contribution is 2.29. The van der Waals surface area contributed by atoms with Crippen LogP contribution in [0.2, 0.25) is 0 Å². The Morgan fingerprint density at radius 2 is 2.07 bits per heavy atom. The minimum absolute atomic E-state index is 0.0270. The van der Waals surface area contributed by atoms with Gasteiger partial charge in [-0.25, -0.2) is 9.67 Å². The first-order valence-electron chi connectivity index (χ1n) is 9.14. The highest BCUT2D eigenvalue weighted by Gasteiger charge is 2.40. The van der Waals surface area contributed by atoms with Gasteiger partial charge in [0.05, 0.1) is 36.2 Å². The molecule has 156 valence electrons. The molecule has 1 N–H and O–H groups in total. The van der Waals surface area contributed by atoms with Gasteiger partial charge in [0.15, 0.2) is 5.82 Å². The fraction of sp³-hybridized carbons (Fsp3) is 0.353. The SMILES string of the molecule is Cc1c(C(=O)N2CCn3c(nnc3C(F)(F)F)C2)cnn1C1=NCc2cccn2N1. The molecule has 13 heteroatoms. The second-order valence-electron chi connectivity index (χ2n) is 6.99. The summed E-state index contributed by atoms with van der Waals surface area (Å²) in [7, 11) is 0. The van der Waals surface area contributed by atoms with Gasteiger partial charge in [-0.1, -0.05) is 0 Å². The van der Waals surface area contributed by atoms with Crippen LogP contribution in [-0.4, -0.2) is 52.5 Å². The summed E-state index contributed by atoms with van der Waals surface area (Å²) in [6, 6.07) is 3.84. The Bertz CT molecular complexity index is 1170. The highest BCUT2D eigenvalue weighted by molar-refractivity contribution is 5.97. The van der Waals surface area contributed by atoms with Crippen molar-refractivity contribution in [2.45, 2.75) is 32.7 Å². The first kappa shape index (κ1) is 18.4. The Hall–Kier alpha value is -3.64. The van der Waals surface area contributed by atoms with Crippen LogP contribution in [0.4, 0.5) is 13.2 Å². The molecule has 3 aromatic rings. The third-order valence-electron chi connectivity index (χ3n) is 5.18. The molecular weight excluding hydrogens is 403 g/mol. The standard InChI is InChI=1S/C17H16F3N9O/c1-10-12(8-22-29(10)16-21-7-11-3-2-4-28(11)25-16)14(30)26-5-6-27-13(9-26)23-24-15(27)17(18,19)20/h2-4,8H,5-7,9H2,1H3,(H,21,25). The van der Waals surface area contributed by atoms with E-state index in [9.17, 15) is 18.0 Å². The van der Waals surface area contributed by atoms with Crippen LogP contribution in [0.5, 0.6) is 0 Å². The van der Waals surface area contributed by atoms with Gasteiger partial charge < -0.3 is 9.47 Å². The number of halogens is 3. The molecule has 0 atom stereocenters. The van der Waals surface area contributed by atoms with Crippen LogP contribution >= 0.6 is 0 Å². The third kappa shape index (κ3) is 2.84. The first-order chi connectivity index (χ1) is 14.3. The first-order valence-corrected chi connectivity index (χ1v) is 9.14. The van der Waals surface area contributed by atoms with Crippen LogP contribution in [0.3, 0.4) is 0 Å². The lowest BCUT2D eigenvalue weighted by Gasteiger charge is -2.28. The summed E-state index contributed by atoms with van der Waals surface area (Å²) in [5.41, 5.74) is 5.03. The van der Waals surface area contributed by atoms with Crippen molar-refractivity contribution in [2.24, 2.45) is 4.99 Å². The Labute approximate surface area is 167 Å². The summed E-state index contributed by atoms with van der Waals surface area (Å²) >= 11 is 0. The normalized spacial score (nSPS) is 16.0. The summed E-state index contributed by atoms with van der Waals surface area (Å²) in [6.07, 6.45) is -1.29. The Morgan fingerprint density at radius 3 is 2.87 bits per heavy atom. The van der Waals surface area contributed by atoms with E-state index < -0.39 is 12.0 Å². The molecule has 0 unspecified atom stereocenters. The van der Waals surface area contributed by atoms with Crippen LogP contribution < -0.4 is 5.43 Å². The fourth-order valence-electron chi connectivity index (χ4n) is 3.61. The number of aromatic nitrogens is 6. The largest absolute Gasteiger partial charge is 0.451 e. The number of alkyl halides is 3. The molecule has 30 heavy (non-hydrogen) atoms. The molecule has 0 radical (unpaired) electrons. The van der Waals surface area contributed by atoms with Gasteiger partial charge in [0.2, 0.25) is 11.8 Å². The second-order valence-corrected chi connectivity index (χ2v) is 6.99. The van der Waals surface area contributed by atoms with E-state index in [0.29, 0.717) is 23.8 Å². The molecule has 0 saturated carbocycles. The van der Waals surface area contributed by atoms with Gasteiger partial charge in [0.1, 0.15) is 0 Å². The molecule has 2 aliphatic heterocycles. The molecule has 0 fully saturated rings. The minimum Gasteiger partial charge on any atom is -0.329 e. The predicted octanol–water partition coefficient (Wildman–Crippen LogP) is 1.22. The molecule has 0 aliphatic carbocycles. The predicted molar refractivity (Wildman–Crippen MR) is 97.1 cm³/mol. The maximum Gasteiger partial charge on any atom is 0.451 e. The average Bonchev–Trinajstić information content (AvgIpc) is 3.43. The Morgan fingerprint density at radius 1 is 1.23 bits per heavy atom. The molecule has 10 nitrogen and oxygen atoms in total. The summed E-state index contributed by atoms with van der Waals surface area (Å²) in [5, 5.41) is 11.1. The number of carbonyl (C=O) groups excluding carboxylic acids is 1. The zero-order valence-corrected chi connectivity index (χ0v) is 15.8. The van der Waals surface area contributed by atoms with E-state index in [0.717, 1.165) is 10.3 Å². The van der Waals surface area contributed by atoms with Gasteiger partial charge >= 0.3 is 6.18 Å². The van der Waals surface area contributed by atoms with Crippen LogP contribution in [0.25, 0.3) is 0 Å². The molecule has 0 bridgehead atoms. The third-order valence-corrected chi connectivity index (χ3v) is 5.18. The summed E-state index contributed by atoms with van der Waals surface area (Å²) in [6.45, 7) is 2.24. The number of amides is 1. The molecule has 0 aromatic carbocycles. The number of aliphatic imine (C=N–C) groups is 1. The minimum atomic E-state index is -4.58. The maximum absolute atomic E-state index is 13.0. The molecular formula is C17H16F3N9O. The van der Waals surface area contributed by atoms with E-state index in [-0.39, 0.29) is 31.4 Å². The lowest BCUT2D eigenvalue weighted by molar-refractivity contribution is -0.147. The Kier molecular flexibility index (Phi) is 3.95. The number of nitrogens with zero attached hydrogens (tertiary/aromatic N) is 8. The number of rotatable bonds is 1. The Balaban J connectivity index is 1.37. The molecule has 5 rings (SSSR count). The molecule has 0 spiro atoms. The molecule has 1 amide bonds. The van der Waals surface area contributed by atoms with Crippen LogP contribution in [-0.2, 0) is 25.8 Å². The summed E-state index contributed by atoms with van der Waals surface area (Å²) < 4.78 is 43.4. The fourth-order valence-corrected chi connectivity index (χ4v) is 3.61. The van der Waals surface area contributed by atoms with E-state index in [1.807, 2.05) is 23.0 Å². The van der Waals surface area contributed by atoms with Crippen LogP contribution in [0.1, 0.15) is 33.4 Å². The van der Waals surface area contributed by atoms with Gasteiger partial charge in [0, 0.05) is 19.3 Å². The van der Waals surface area contributed by atoms with Crippen molar-refractivity contribution in [3.63, 3.8) is 0 Å². The van der Waals surface area contributed by atoms with E-state index in [1.165, 1.54) is 15.8 Å². The van der Waals surface area contributed by atoms with Crippen LogP contribution in [0.15, 0.2) is 29.5 Å². The van der Waals surface area contributed by atoms with Gasteiger partial charge in [0.25, 0.3) is 5.91 Å². The molecule has 3 aromatic heterocycles. The van der Waals surface area contributed by atoms with Crippen molar-refractivity contribution in [3.8, 4) is 0 Å². The molecule has 2 aliphatic rings. The van der Waals surface area contributed by atoms with Crippen molar-refractivity contribution < 1.29 is 18.0 Å². The van der Waals surface area contributed by atoms with Crippen molar-refractivity contribution in [1.82, 2.24) is 34.1 Å². The summed E-state index contributed by atoms with van der Waals surface area (Å²) in [5.74, 6) is -0.798. The highest BCUT2D eigenvalue weighted by atomic mass is 19.4. The lowest BCUT2D eigenvalue weighted by atomic mass is 10.2. The second kappa shape index (κ2) is 6.43. The maximum atomic E-state index is 13.0. The van der Waals surface area contributed by atoms with Gasteiger partial charge in [-0.2, -0.15) is 18.3 Å². The van der Waals surface area contributed by atoms with Crippen molar-refractivity contribution in [1.29, 1.82) is 0 Å². The van der Waals surface area contributed by atoms with E-state index in [2.05, 4.69) is 25.7 Å². The number of carbonyl (C=O) groups is 1. The van der Waals surface area contributed by atoms with Crippen molar-refractivity contribution >= 4 is 11.9 Å². The monoisotopic (exact) mass is 419 g/mol. The average molecular weight is 419 g/mol. The van der Waals surface area contributed by atoms with E-state index >= 15 is 0 Å². The zero-order chi connectivity index (χ0) is 21.0. The smallest absolute Gasteiger partial charge is 0.329 e. The van der Waals surface area contributed by atoms with E-state index in [1.54, 1.807) is 6.92 Å². The van der Waals surface area contributed by atoms with Gasteiger partial charge in [-0.05, 0) is 19.1 Å². The number of nitrogens with one attached hydrogen (secondary N) is 1. The van der Waals surface area contributed by atoms with Gasteiger partial charge in [-0.3, -0.25) is 14.9 Å². The van der Waals surface area contributed by atoms with E-state index in [4.69, 9.17) is 0 Å². The van der Waals surface area contributed by atoms with Crippen LogP contribution in [0, 0.1) is 6.92 Å². The van der Waals surface area contributed by atoms with Gasteiger partial charge in [-0.15, -0.1) is 10.2 Å². The molecule has 5 heterocycles. The summed E-state index contributed by atoms with van der Waals surface area (Å²) in [4.78, 5) is 18.9. The van der Waals surface area contributed by atoms with Crippen molar-refractivity contribution in [2.75, 3.05) is 12.0 Å². The van der Waals surface area contributed by atoms with Crippen molar-refractivity contribution in [3.05, 3.63) is 53.1 Å². The molecule has 0 saturated heterocycles.